The van der Waals surface area contributed by atoms with Crippen molar-refractivity contribution >= 4 is 11.6 Å². The first kappa shape index (κ1) is 20.4. The number of carbonyl (C=O) groups excluding carboxylic acids is 1. The zero-order chi connectivity index (χ0) is 21.4. The van der Waals surface area contributed by atoms with Crippen LogP contribution in [0.5, 0.6) is 5.75 Å². The highest BCUT2D eigenvalue weighted by Crippen LogP contribution is 2.32. The molecule has 6 heteroatoms. The smallest absolute Gasteiger partial charge is 0.253 e. The van der Waals surface area contributed by atoms with E-state index in [2.05, 4.69) is 38.1 Å². The number of benzene rings is 1. The van der Waals surface area contributed by atoms with E-state index in [-0.39, 0.29) is 17.9 Å². The van der Waals surface area contributed by atoms with Crippen LogP contribution in [0, 0.1) is 12.8 Å². The van der Waals surface area contributed by atoms with E-state index in [0.29, 0.717) is 18.1 Å². The van der Waals surface area contributed by atoms with Crippen LogP contribution in [0.2, 0.25) is 0 Å². The number of nitrogens with one attached hydrogen (secondary N) is 1. The molecule has 0 aliphatic carbocycles. The first-order valence-electron chi connectivity index (χ1n) is 10.8. The van der Waals surface area contributed by atoms with Crippen molar-refractivity contribution < 1.29 is 9.53 Å². The van der Waals surface area contributed by atoms with Crippen molar-refractivity contribution in [2.45, 2.75) is 59.4 Å². The van der Waals surface area contributed by atoms with Crippen molar-refractivity contribution in [2.75, 3.05) is 6.61 Å². The van der Waals surface area contributed by atoms with E-state index in [4.69, 9.17) is 9.72 Å². The number of hydrogen-bond donors (Lipinski definition) is 1. The predicted molar refractivity (Wildman–Crippen MR) is 117 cm³/mol. The summed E-state index contributed by atoms with van der Waals surface area (Å²) in [5.74, 6) is 1.38. The molecule has 4 rings (SSSR count). The molecule has 1 aliphatic rings. The van der Waals surface area contributed by atoms with Gasteiger partial charge in [-0.2, -0.15) is 5.10 Å². The molecule has 0 radical (unpaired) electrons. The zero-order valence-electron chi connectivity index (χ0n) is 18.4. The predicted octanol–water partition coefficient (Wildman–Crippen LogP) is 4.61. The molecule has 6 nitrogen and oxygen atoms in total. The molecule has 1 atom stereocenters. The Kier molecular flexibility index (Phi) is 5.50. The van der Waals surface area contributed by atoms with Gasteiger partial charge in [0.2, 0.25) is 0 Å². The summed E-state index contributed by atoms with van der Waals surface area (Å²) >= 11 is 0. The van der Waals surface area contributed by atoms with Gasteiger partial charge >= 0.3 is 0 Å². The first-order valence-corrected chi connectivity index (χ1v) is 10.8. The molecule has 1 N–H and O–H groups in total. The molecular formula is C24H30N4O2. The topological polar surface area (TPSA) is 68.5 Å². The highest BCUT2D eigenvalue weighted by Gasteiger charge is 2.27. The second-order valence-electron chi connectivity index (χ2n) is 8.80. The lowest BCUT2D eigenvalue weighted by atomic mass is 9.97. The number of nitrogens with zero attached hydrogens (tertiary/aromatic N) is 3. The average Bonchev–Trinajstić information content (AvgIpc) is 3.02. The van der Waals surface area contributed by atoms with E-state index in [0.717, 1.165) is 46.8 Å². The molecule has 0 fully saturated rings. The fourth-order valence-electron chi connectivity index (χ4n) is 4.26. The number of para-hydroxylation sites is 1. The van der Waals surface area contributed by atoms with Gasteiger partial charge < -0.3 is 10.1 Å². The molecule has 30 heavy (non-hydrogen) atoms. The Morgan fingerprint density at radius 1 is 1.27 bits per heavy atom. The molecule has 0 spiro atoms. The maximum Gasteiger partial charge on any atom is 0.253 e. The lowest BCUT2D eigenvalue weighted by molar-refractivity contribution is 0.0923. The summed E-state index contributed by atoms with van der Waals surface area (Å²) in [5, 5.41) is 7.83. The summed E-state index contributed by atoms with van der Waals surface area (Å²) in [6.07, 6.45) is 3.35. The van der Waals surface area contributed by atoms with E-state index in [1.165, 1.54) is 0 Å². The third-order valence-corrected chi connectivity index (χ3v) is 5.67. The number of aryl methyl sites for hydroxylation is 1. The Balaban J connectivity index is 1.72. The van der Waals surface area contributed by atoms with Crippen LogP contribution in [0.1, 0.15) is 78.9 Å². The van der Waals surface area contributed by atoms with E-state index >= 15 is 0 Å². The number of fused-ring (bicyclic) bond motifs is 2. The van der Waals surface area contributed by atoms with Gasteiger partial charge in [0.05, 0.1) is 35.8 Å². The lowest BCUT2D eigenvalue weighted by Crippen LogP contribution is -2.33. The number of carbonyl (C=O) groups is 1. The molecule has 2 aromatic heterocycles. The molecule has 0 bridgehead atoms. The van der Waals surface area contributed by atoms with Crippen molar-refractivity contribution in [3.8, 4) is 5.75 Å². The van der Waals surface area contributed by atoms with E-state index in [1.54, 1.807) is 6.20 Å². The number of ether oxygens (including phenoxy) is 1. The maximum absolute atomic E-state index is 13.3. The number of rotatable bonds is 5. The molecule has 3 aromatic rings. The highest BCUT2D eigenvalue weighted by molar-refractivity contribution is 5.97. The van der Waals surface area contributed by atoms with Crippen molar-refractivity contribution in [3.63, 3.8) is 0 Å². The molecule has 1 aliphatic heterocycles. The normalized spacial score (nSPS) is 16.0. The van der Waals surface area contributed by atoms with E-state index in [1.807, 2.05) is 35.7 Å². The molecule has 158 valence electrons. The first-order chi connectivity index (χ1) is 14.4. The van der Waals surface area contributed by atoms with Crippen LogP contribution >= 0.6 is 0 Å². The third-order valence-electron chi connectivity index (χ3n) is 5.67. The van der Waals surface area contributed by atoms with Crippen LogP contribution in [-0.4, -0.2) is 27.1 Å². The standard InChI is InChI=1S/C24H30N4O2/c1-14(2)12-20-16(5)26-23-22(15(3)4)18(13-25-28(20)23)24(29)27-19-10-11-30-21-9-7-6-8-17(19)21/h6-9,13-15,19H,10-12H2,1-5H3,(H,27,29)/t19-/m0/s1. The number of amides is 1. The van der Waals surface area contributed by atoms with Crippen LogP contribution < -0.4 is 10.1 Å². The van der Waals surface area contributed by atoms with Gasteiger partial charge in [-0.3, -0.25) is 4.79 Å². The fraction of sp³-hybridized carbons (Fsp3) is 0.458. The Bertz CT molecular complexity index is 1080. The van der Waals surface area contributed by atoms with Crippen LogP contribution in [-0.2, 0) is 6.42 Å². The maximum atomic E-state index is 13.3. The van der Waals surface area contributed by atoms with Crippen molar-refractivity contribution in [2.24, 2.45) is 5.92 Å². The minimum absolute atomic E-state index is 0.0725. The number of aromatic nitrogens is 3. The Morgan fingerprint density at radius 3 is 2.77 bits per heavy atom. The Morgan fingerprint density at radius 2 is 2.03 bits per heavy atom. The van der Waals surface area contributed by atoms with Crippen molar-refractivity contribution in [1.82, 2.24) is 19.9 Å². The Labute approximate surface area is 177 Å². The van der Waals surface area contributed by atoms with Crippen LogP contribution in [0.15, 0.2) is 30.5 Å². The zero-order valence-corrected chi connectivity index (χ0v) is 18.4. The SMILES string of the molecule is Cc1nc2c(C(C)C)c(C(=O)N[C@H]3CCOc4ccccc43)cnn2c1CC(C)C. The number of imidazole rings is 1. The van der Waals surface area contributed by atoms with Crippen molar-refractivity contribution in [1.29, 1.82) is 0 Å². The second-order valence-corrected chi connectivity index (χ2v) is 8.80. The monoisotopic (exact) mass is 406 g/mol. The van der Waals surface area contributed by atoms with Crippen LogP contribution in [0.4, 0.5) is 0 Å². The summed E-state index contributed by atoms with van der Waals surface area (Å²) in [7, 11) is 0. The summed E-state index contributed by atoms with van der Waals surface area (Å²) in [4.78, 5) is 18.1. The van der Waals surface area contributed by atoms with Crippen molar-refractivity contribution in [3.05, 3.63) is 58.5 Å². The minimum Gasteiger partial charge on any atom is -0.493 e. The van der Waals surface area contributed by atoms with Gasteiger partial charge in [0.1, 0.15) is 5.75 Å². The van der Waals surface area contributed by atoms with E-state index < -0.39 is 0 Å². The molecule has 0 saturated carbocycles. The molecule has 0 saturated heterocycles. The minimum atomic E-state index is -0.110. The number of hydrogen-bond acceptors (Lipinski definition) is 4. The largest absolute Gasteiger partial charge is 0.493 e. The van der Waals surface area contributed by atoms with Gasteiger partial charge in [-0.25, -0.2) is 9.50 Å². The van der Waals surface area contributed by atoms with Gasteiger partial charge in [0.15, 0.2) is 5.65 Å². The fourth-order valence-corrected chi connectivity index (χ4v) is 4.26. The summed E-state index contributed by atoms with van der Waals surface area (Å²) in [6.45, 7) is 11.2. The highest BCUT2D eigenvalue weighted by atomic mass is 16.5. The third kappa shape index (κ3) is 3.66. The van der Waals surface area contributed by atoms with Gasteiger partial charge in [-0.1, -0.05) is 45.9 Å². The lowest BCUT2D eigenvalue weighted by Gasteiger charge is -2.27. The summed E-state index contributed by atoms with van der Waals surface area (Å²) in [5.41, 5.74) is 5.45. The molecule has 1 amide bonds. The van der Waals surface area contributed by atoms with Crippen LogP contribution in [0.25, 0.3) is 5.65 Å². The molecule has 1 aromatic carbocycles. The van der Waals surface area contributed by atoms with Crippen LogP contribution in [0.3, 0.4) is 0 Å². The van der Waals surface area contributed by atoms with Gasteiger partial charge in [-0.05, 0) is 31.2 Å². The second kappa shape index (κ2) is 8.09. The van der Waals surface area contributed by atoms with Gasteiger partial charge in [-0.15, -0.1) is 0 Å². The average molecular weight is 407 g/mol. The summed E-state index contributed by atoms with van der Waals surface area (Å²) < 4.78 is 7.65. The molecule has 3 heterocycles. The summed E-state index contributed by atoms with van der Waals surface area (Å²) in [6, 6.07) is 7.82. The molecular weight excluding hydrogens is 376 g/mol. The van der Waals surface area contributed by atoms with Gasteiger partial charge in [0.25, 0.3) is 5.91 Å². The Hall–Kier alpha value is -2.89. The quantitative estimate of drug-likeness (QED) is 0.672. The van der Waals surface area contributed by atoms with Gasteiger partial charge in [0, 0.05) is 17.5 Å². The molecule has 0 unspecified atom stereocenters. The van der Waals surface area contributed by atoms with E-state index in [9.17, 15) is 4.79 Å².